The summed E-state index contributed by atoms with van der Waals surface area (Å²) in [5, 5.41) is 11.0. The minimum atomic E-state index is -5.17. The van der Waals surface area contributed by atoms with E-state index in [1.807, 2.05) is 0 Å². The van der Waals surface area contributed by atoms with Crippen molar-refractivity contribution in [3.05, 3.63) is 34.3 Å². The van der Waals surface area contributed by atoms with Gasteiger partial charge < -0.3 is 10.4 Å². The van der Waals surface area contributed by atoms with Crippen LogP contribution in [-0.2, 0) is 4.79 Å². The van der Waals surface area contributed by atoms with Crippen LogP contribution in [0.25, 0.3) is 0 Å². The molecule has 0 saturated heterocycles. The summed E-state index contributed by atoms with van der Waals surface area (Å²) in [6.45, 7) is -2.69. The molecule has 1 rings (SSSR count). The average molecular weight is 328 g/mol. The van der Waals surface area contributed by atoms with E-state index in [1.54, 1.807) is 12.1 Å². The summed E-state index contributed by atoms with van der Waals surface area (Å²) in [4.78, 5) is 10.7. The van der Waals surface area contributed by atoms with E-state index >= 15 is 0 Å². The minimum absolute atomic E-state index is 0.324. The van der Waals surface area contributed by atoms with Crippen molar-refractivity contribution in [2.24, 2.45) is 0 Å². The maximum Gasteiger partial charge on any atom is 0.471 e. The van der Waals surface area contributed by atoms with Crippen molar-refractivity contribution >= 4 is 21.8 Å². The highest BCUT2D eigenvalue weighted by Crippen LogP contribution is 2.20. The molecule has 3 nitrogen and oxygen atoms in total. The molecule has 0 aromatic heterocycles. The van der Waals surface area contributed by atoms with Gasteiger partial charge in [-0.2, -0.15) is 13.2 Å². The number of rotatable bonds is 4. The highest BCUT2D eigenvalue weighted by atomic mass is 79.9. The van der Waals surface area contributed by atoms with Crippen molar-refractivity contribution in [1.82, 2.24) is 5.32 Å². The van der Waals surface area contributed by atoms with Gasteiger partial charge in [-0.25, -0.2) is 0 Å². The molecule has 0 aliphatic heterocycles. The summed E-state index contributed by atoms with van der Waals surface area (Å²) >= 11 is 3.15. The van der Waals surface area contributed by atoms with Crippen molar-refractivity contribution in [3.8, 4) is 0 Å². The lowest BCUT2D eigenvalue weighted by Crippen LogP contribution is -2.37. The SMILES string of the molecule is [2H]C([2H])(CC(O)c1cccc(Br)c1)NC(=O)C(F)(F)F. The topological polar surface area (TPSA) is 49.3 Å². The van der Waals surface area contributed by atoms with Crippen molar-refractivity contribution in [2.45, 2.75) is 18.7 Å². The Hall–Kier alpha value is -1.08. The van der Waals surface area contributed by atoms with E-state index in [1.165, 1.54) is 17.4 Å². The number of nitrogens with one attached hydrogen (secondary N) is 1. The summed E-state index contributed by atoms with van der Waals surface area (Å²) in [5.74, 6) is -2.39. The Labute approximate surface area is 113 Å². The normalized spacial score (nSPS) is 15.6. The van der Waals surface area contributed by atoms with E-state index in [2.05, 4.69) is 15.9 Å². The van der Waals surface area contributed by atoms with Gasteiger partial charge in [0.1, 0.15) is 0 Å². The Balaban J connectivity index is 2.73. The van der Waals surface area contributed by atoms with Gasteiger partial charge in [-0.3, -0.25) is 4.79 Å². The molecule has 0 bridgehead atoms. The molecule has 1 aromatic carbocycles. The number of carbonyl (C=O) groups excluding carboxylic acids is 1. The quantitative estimate of drug-likeness (QED) is 0.892. The first-order valence-electron chi connectivity index (χ1n) is 5.84. The van der Waals surface area contributed by atoms with Crippen LogP contribution in [0, 0.1) is 0 Å². The number of alkyl halides is 3. The molecule has 7 heteroatoms. The second kappa shape index (κ2) is 6.19. The molecule has 1 atom stereocenters. The van der Waals surface area contributed by atoms with Gasteiger partial charge in [-0.1, -0.05) is 28.1 Å². The highest BCUT2D eigenvalue weighted by Gasteiger charge is 2.38. The van der Waals surface area contributed by atoms with Crippen LogP contribution in [0.1, 0.15) is 20.8 Å². The largest absolute Gasteiger partial charge is 0.471 e. The zero-order valence-electron chi connectivity index (χ0n) is 11.0. The fourth-order valence-corrected chi connectivity index (χ4v) is 1.55. The molecule has 0 aliphatic carbocycles. The van der Waals surface area contributed by atoms with Gasteiger partial charge >= 0.3 is 12.1 Å². The number of amides is 1. The van der Waals surface area contributed by atoms with Crippen LogP contribution < -0.4 is 5.32 Å². The van der Waals surface area contributed by atoms with Crippen molar-refractivity contribution in [2.75, 3.05) is 6.50 Å². The number of hydrogen-bond acceptors (Lipinski definition) is 2. The average Bonchev–Trinajstić information content (AvgIpc) is 2.26. The van der Waals surface area contributed by atoms with Gasteiger partial charge in [-0.05, 0) is 24.1 Å². The van der Waals surface area contributed by atoms with E-state index in [-0.39, 0.29) is 0 Å². The molecule has 1 amide bonds. The number of benzene rings is 1. The van der Waals surface area contributed by atoms with Crippen molar-refractivity contribution in [3.63, 3.8) is 0 Å². The molecule has 1 aromatic rings. The van der Waals surface area contributed by atoms with Crippen LogP contribution in [0.5, 0.6) is 0 Å². The summed E-state index contributed by atoms with van der Waals surface area (Å²) < 4.78 is 51.4. The van der Waals surface area contributed by atoms with Crippen LogP contribution in [0.2, 0.25) is 0 Å². The van der Waals surface area contributed by atoms with E-state index in [4.69, 9.17) is 2.74 Å². The Kier molecular flexibility index (Phi) is 4.12. The monoisotopic (exact) mass is 327 g/mol. The Morgan fingerprint density at radius 1 is 1.56 bits per heavy atom. The van der Waals surface area contributed by atoms with E-state index in [0.29, 0.717) is 10.0 Å². The molecule has 2 N–H and O–H groups in total. The van der Waals surface area contributed by atoms with Crippen LogP contribution in [0.3, 0.4) is 0 Å². The maximum atomic E-state index is 12.0. The van der Waals surface area contributed by atoms with Crippen LogP contribution in [0.4, 0.5) is 13.2 Å². The zero-order valence-corrected chi connectivity index (χ0v) is 10.5. The number of aliphatic hydroxyl groups excluding tert-OH is 1. The molecule has 100 valence electrons. The predicted molar refractivity (Wildman–Crippen MR) is 62.8 cm³/mol. The predicted octanol–water partition coefficient (Wildman–Crippen LogP) is 2.55. The molecule has 0 fully saturated rings. The Bertz CT molecular complexity index is 497. The number of aliphatic hydroxyl groups is 1. The third-order valence-corrected chi connectivity index (χ3v) is 2.48. The third-order valence-electron chi connectivity index (χ3n) is 1.99. The number of hydrogen-bond donors (Lipinski definition) is 2. The second-order valence-corrected chi connectivity index (χ2v) is 4.32. The Morgan fingerprint density at radius 2 is 2.22 bits per heavy atom. The van der Waals surface area contributed by atoms with Crippen LogP contribution >= 0.6 is 15.9 Å². The molecule has 0 spiro atoms. The van der Waals surface area contributed by atoms with Crippen molar-refractivity contribution < 1.29 is 25.8 Å². The molecule has 18 heavy (non-hydrogen) atoms. The third kappa shape index (κ3) is 4.66. The molecule has 0 heterocycles. The first kappa shape index (κ1) is 12.0. The van der Waals surface area contributed by atoms with E-state index in [9.17, 15) is 23.1 Å². The van der Waals surface area contributed by atoms with Gasteiger partial charge in [-0.15, -0.1) is 0 Å². The zero-order chi connectivity index (χ0) is 15.6. The lowest BCUT2D eigenvalue weighted by molar-refractivity contribution is -0.173. The lowest BCUT2D eigenvalue weighted by Gasteiger charge is -2.12. The lowest BCUT2D eigenvalue weighted by atomic mass is 10.1. The van der Waals surface area contributed by atoms with Crippen LogP contribution in [0.15, 0.2) is 28.7 Å². The first-order chi connectivity index (χ1) is 9.01. The number of halogens is 4. The molecule has 0 radical (unpaired) electrons. The highest BCUT2D eigenvalue weighted by molar-refractivity contribution is 9.10. The minimum Gasteiger partial charge on any atom is -0.388 e. The molecule has 1 unspecified atom stereocenters. The van der Waals surface area contributed by atoms with Gasteiger partial charge in [0.25, 0.3) is 0 Å². The molecule has 0 saturated carbocycles. The van der Waals surface area contributed by atoms with Gasteiger partial charge in [0.15, 0.2) is 0 Å². The summed E-state index contributed by atoms with van der Waals surface area (Å²) in [6.07, 6.45) is -7.23. The fraction of sp³-hybridized carbons (Fsp3) is 0.364. The summed E-state index contributed by atoms with van der Waals surface area (Å²) in [5.41, 5.74) is 0.324. The maximum absolute atomic E-state index is 12.0. The number of carbonyl (C=O) groups is 1. The van der Waals surface area contributed by atoms with Gasteiger partial charge in [0, 0.05) is 13.7 Å². The molecular weight excluding hydrogens is 315 g/mol. The van der Waals surface area contributed by atoms with Gasteiger partial charge in [0.2, 0.25) is 0 Å². The van der Waals surface area contributed by atoms with Crippen molar-refractivity contribution in [1.29, 1.82) is 0 Å². The molecule has 0 aliphatic rings. The first-order valence-corrected chi connectivity index (χ1v) is 5.63. The summed E-state index contributed by atoms with van der Waals surface area (Å²) in [7, 11) is 0. The van der Waals surface area contributed by atoms with Crippen LogP contribution in [-0.4, -0.2) is 23.7 Å². The van der Waals surface area contributed by atoms with Gasteiger partial charge in [0.05, 0.1) is 6.10 Å². The second-order valence-electron chi connectivity index (χ2n) is 3.40. The summed E-state index contributed by atoms with van der Waals surface area (Å²) in [6, 6.07) is 6.27. The van der Waals surface area contributed by atoms with E-state index in [0.717, 1.165) is 0 Å². The standard InChI is InChI=1S/C11H11BrF3NO2/c12-8-3-1-2-7(6-8)9(17)4-5-16-10(18)11(13,14)15/h1-3,6,9,17H,4-5H2,(H,16,18)/i5D2. The Morgan fingerprint density at radius 3 is 2.78 bits per heavy atom. The van der Waals surface area contributed by atoms with E-state index < -0.39 is 31.1 Å². The molecular formula is C11H11BrF3NO2. The fourth-order valence-electron chi connectivity index (χ4n) is 1.13. The smallest absolute Gasteiger partial charge is 0.388 e.